The van der Waals surface area contributed by atoms with Gasteiger partial charge in [-0.25, -0.2) is 0 Å². The Labute approximate surface area is 261 Å². The first kappa shape index (κ1) is 42.5. The Morgan fingerprint density at radius 3 is 1.23 bits per heavy atom. The molecule has 0 aliphatic carbocycles. The normalized spacial score (nSPS) is 11.6. The Morgan fingerprint density at radius 1 is 0.727 bits per heavy atom. The molecule has 2 aromatic carbocycles. The zero-order valence-electron chi connectivity index (χ0n) is 24.8. The number of phenolic OH excluding ortho intramolecular Hbond substituents is 2. The molecule has 44 heavy (non-hydrogen) atoms. The van der Waals surface area contributed by atoms with Crippen molar-refractivity contribution in [3.63, 3.8) is 0 Å². The second-order valence-electron chi connectivity index (χ2n) is 9.72. The summed E-state index contributed by atoms with van der Waals surface area (Å²) in [6, 6.07) is 3.48. The second-order valence-corrected chi connectivity index (χ2v) is 9.72. The molecule has 1 radical (unpaired) electrons. The van der Waals surface area contributed by atoms with Gasteiger partial charge >= 0.3 is 29.1 Å². The van der Waals surface area contributed by atoms with Crippen molar-refractivity contribution >= 4 is 24.4 Å². The minimum absolute atomic E-state index is 0. The summed E-state index contributed by atoms with van der Waals surface area (Å²) in [5.41, 5.74) is -1.55. The van der Waals surface area contributed by atoms with E-state index in [2.05, 4.69) is 9.98 Å². The summed E-state index contributed by atoms with van der Waals surface area (Å²) in [4.78, 5) is 25.9. The molecule has 0 saturated carbocycles. The van der Waals surface area contributed by atoms with Crippen LogP contribution in [0.1, 0.15) is 93.2 Å². The molecule has 2 rings (SSSR count). The number of benzene rings is 2. The van der Waals surface area contributed by atoms with Crippen molar-refractivity contribution in [1.29, 1.82) is 0 Å². The molecule has 0 amide bonds. The number of halogens is 6. The third-order valence-corrected chi connectivity index (χ3v) is 5.27. The first-order valence-corrected chi connectivity index (χ1v) is 12.8. The number of carboxylic acid groups (broad SMARTS) is 2. The van der Waals surface area contributed by atoms with Crippen LogP contribution in [0.2, 0.25) is 0 Å². The van der Waals surface area contributed by atoms with Crippen molar-refractivity contribution in [1.82, 2.24) is 0 Å². The van der Waals surface area contributed by atoms with Crippen LogP contribution < -0.4 is 10.2 Å². The Kier molecular flexibility index (Phi) is 18.3. The van der Waals surface area contributed by atoms with Crippen molar-refractivity contribution in [3.8, 4) is 11.5 Å². The molecule has 2 aromatic rings. The van der Waals surface area contributed by atoms with Gasteiger partial charge in [0.1, 0.15) is 11.5 Å². The van der Waals surface area contributed by atoms with Crippen molar-refractivity contribution in [2.45, 2.75) is 72.2 Å². The zero-order chi connectivity index (χ0) is 33.7. The largest absolute Gasteiger partial charge is 2.00 e. The van der Waals surface area contributed by atoms with Gasteiger partial charge in [-0.05, 0) is 67.5 Å². The van der Waals surface area contributed by atoms with E-state index in [1.54, 1.807) is 27.7 Å². The van der Waals surface area contributed by atoms with Crippen molar-refractivity contribution in [3.05, 3.63) is 57.6 Å². The van der Waals surface area contributed by atoms with E-state index in [1.807, 2.05) is 0 Å². The number of aliphatic carboxylic acids is 2. The number of carboxylic acids is 2. The van der Waals surface area contributed by atoms with Gasteiger partial charge in [0.25, 0.3) is 0 Å². The van der Waals surface area contributed by atoms with Gasteiger partial charge in [-0.3, -0.25) is 9.98 Å². The molecule has 0 saturated heterocycles. The monoisotopic (exact) mass is 679 g/mol. The summed E-state index contributed by atoms with van der Waals surface area (Å²) >= 11 is 0. The van der Waals surface area contributed by atoms with Crippen LogP contribution in [0, 0.1) is 0 Å². The zero-order valence-corrected chi connectivity index (χ0v) is 25.8. The summed E-state index contributed by atoms with van der Waals surface area (Å²) < 4.78 is 79.1. The number of nitrogens with zero attached hydrogens (tertiary/aromatic N) is 2. The number of hydrogen-bond acceptors (Lipinski definition) is 8. The molecule has 0 atom stereocenters. The second kappa shape index (κ2) is 18.9. The van der Waals surface area contributed by atoms with Crippen LogP contribution in [0.5, 0.6) is 11.5 Å². The first-order valence-electron chi connectivity index (χ1n) is 12.8. The molecule has 0 spiro atoms. The molecule has 0 aliphatic heterocycles. The number of rotatable bonds is 8. The molecular formula is C29H34CoF6N2O6. The summed E-state index contributed by atoms with van der Waals surface area (Å²) in [5, 5.41) is 38.4. The van der Waals surface area contributed by atoms with Crippen LogP contribution >= 0.6 is 0 Å². The molecule has 247 valence electrons. The molecule has 0 fully saturated rings. The van der Waals surface area contributed by atoms with Gasteiger partial charge in [0.2, 0.25) is 0 Å². The Bertz CT molecular complexity index is 1190. The summed E-state index contributed by atoms with van der Waals surface area (Å²) in [6.45, 7) is 8.94. The number of carbonyl (C=O) groups is 2. The molecule has 0 bridgehead atoms. The van der Waals surface area contributed by atoms with E-state index in [-0.39, 0.29) is 75.5 Å². The van der Waals surface area contributed by atoms with E-state index in [0.717, 1.165) is 50.5 Å². The minimum Gasteiger partial charge on any atom is -0.550 e. The Morgan fingerprint density at radius 2 is 1.00 bits per heavy atom. The predicted molar refractivity (Wildman–Crippen MR) is 145 cm³/mol. The van der Waals surface area contributed by atoms with E-state index >= 15 is 0 Å². The third kappa shape index (κ3) is 15.8. The van der Waals surface area contributed by atoms with Gasteiger partial charge < -0.3 is 30.0 Å². The van der Waals surface area contributed by atoms with Crippen LogP contribution in [-0.4, -0.2) is 47.7 Å². The average molecular weight is 680 g/mol. The molecular weight excluding hydrogens is 645 g/mol. The molecule has 8 nitrogen and oxygen atoms in total. The minimum atomic E-state index is -4.57. The van der Waals surface area contributed by atoms with Gasteiger partial charge in [0.05, 0.1) is 11.1 Å². The number of aliphatic imine (C=N–C) groups is 2. The van der Waals surface area contributed by atoms with Gasteiger partial charge in [0.15, 0.2) is 0 Å². The SMILES string of the molecule is CC(=O)[O-].CC(=O)[O-].CC(C)c1cc(C(F)(F)F)cc(C=NCCCN=Cc2cc(C(F)(F)F)cc(C(C)C)c2O)c1O.[Co+2]. The fraction of sp³-hybridized carbons (Fsp3) is 0.448. The van der Waals surface area contributed by atoms with Crippen molar-refractivity contribution < 1.29 is 73.1 Å². The smallest absolute Gasteiger partial charge is 0.550 e. The fourth-order valence-electron chi connectivity index (χ4n) is 3.34. The number of aromatic hydroxyl groups is 2. The van der Waals surface area contributed by atoms with E-state index in [1.165, 1.54) is 0 Å². The Hall–Kier alpha value is -3.59. The number of carbonyl (C=O) groups excluding carboxylic acids is 2. The molecule has 2 N–H and O–H groups in total. The van der Waals surface area contributed by atoms with E-state index < -0.39 is 35.4 Å². The predicted octanol–water partition coefficient (Wildman–Crippen LogP) is 4.82. The number of alkyl halides is 6. The molecule has 0 heterocycles. The van der Waals surface area contributed by atoms with Gasteiger partial charge in [-0.15, -0.1) is 0 Å². The van der Waals surface area contributed by atoms with Crippen molar-refractivity contribution in [2.24, 2.45) is 9.98 Å². The molecule has 15 heteroatoms. The van der Waals surface area contributed by atoms with Crippen LogP contribution in [0.4, 0.5) is 26.3 Å². The number of hydrogen-bond donors (Lipinski definition) is 2. The molecule has 0 aromatic heterocycles. The molecule has 0 unspecified atom stereocenters. The maximum absolute atomic E-state index is 13.2. The number of phenols is 2. The molecule has 0 aliphatic rings. The van der Waals surface area contributed by atoms with Crippen LogP contribution in [0.25, 0.3) is 0 Å². The Balaban J connectivity index is 0. The van der Waals surface area contributed by atoms with Crippen LogP contribution in [0.15, 0.2) is 34.3 Å². The summed E-state index contributed by atoms with van der Waals surface area (Å²) in [7, 11) is 0. The first-order chi connectivity index (χ1) is 19.6. The van der Waals surface area contributed by atoms with Crippen molar-refractivity contribution in [2.75, 3.05) is 13.1 Å². The van der Waals surface area contributed by atoms with E-state index in [0.29, 0.717) is 6.42 Å². The fourth-order valence-corrected chi connectivity index (χ4v) is 3.34. The average Bonchev–Trinajstić information content (AvgIpc) is 2.82. The maximum atomic E-state index is 13.2. The summed E-state index contributed by atoms with van der Waals surface area (Å²) in [5.74, 6) is -3.36. The van der Waals surface area contributed by atoms with Gasteiger partial charge in [-0.2, -0.15) is 26.3 Å². The van der Waals surface area contributed by atoms with E-state index in [4.69, 9.17) is 19.8 Å². The standard InChI is InChI=1S/C25H28F6N2O2.2C2H4O2.Co/c1-14(2)20-10-18(24(26,27)28)8-16(22(20)34)12-32-6-5-7-33-13-17-9-19(25(29,30)31)11-21(15(3)4)23(17)35;2*1-2(3)4;/h8-15,34-35H,5-7H2,1-4H3;2*1H3,(H,3,4);/q;;;+2/p-2. The quantitative estimate of drug-likeness (QED) is 0.233. The van der Waals surface area contributed by atoms with E-state index in [9.17, 15) is 36.6 Å². The van der Waals surface area contributed by atoms with Gasteiger partial charge in [-0.1, -0.05) is 27.7 Å². The maximum Gasteiger partial charge on any atom is 2.00 e. The van der Waals surface area contributed by atoms with Crippen LogP contribution in [-0.2, 0) is 38.7 Å². The topological polar surface area (TPSA) is 145 Å². The van der Waals surface area contributed by atoms with Gasteiger partial charge in [0, 0.05) is 48.6 Å². The van der Waals surface area contributed by atoms with Crippen LogP contribution in [0.3, 0.4) is 0 Å². The summed E-state index contributed by atoms with van der Waals surface area (Å²) in [6.07, 6.45) is -6.47. The third-order valence-electron chi connectivity index (χ3n) is 5.27.